The maximum atomic E-state index is 12.6. The van der Waals surface area contributed by atoms with E-state index >= 15 is 0 Å². The van der Waals surface area contributed by atoms with Crippen molar-refractivity contribution in [2.75, 3.05) is 38.2 Å². The molecule has 3 rings (SSSR count). The Balaban J connectivity index is 1.69. The molecule has 0 N–H and O–H groups in total. The van der Waals surface area contributed by atoms with Crippen LogP contribution in [0.25, 0.3) is 0 Å². The minimum absolute atomic E-state index is 0.0579. The SMILES string of the molecule is COc1ccc(C)cc1N1CCN(C(=O)c2ccc(Cl)cc2)CC1. The Hall–Kier alpha value is -2.20. The number of methoxy groups -OCH3 is 1. The summed E-state index contributed by atoms with van der Waals surface area (Å²) >= 11 is 5.89. The summed E-state index contributed by atoms with van der Waals surface area (Å²) in [5.41, 5.74) is 2.97. The second-order valence-corrected chi connectivity index (χ2v) is 6.40. The molecule has 1 fully saturated rings. The van der Waals surface area contributed by atoms with Gasteiger partial charge in [0.25, 0.3) is 5.91 Å². The van der Waals surface area contributed by atoms with E-state index in [9.17, 15) is 4.79 Å². The molecule has 4 nitrogen and oxygen atoms in total. The number of anilines is 1. The van der Waals surface area contributed by atoms with Crippen molar-refractivity contribution in [2.45, 2.75) is 6.92 Å². The Labute approximate surface area is 147 Å². The van der Waals surface area contributed by atoms with Crippen LogP contribution in [0.1, 0.15) is 15.9 Å². The molecule has 24 heavy (non-hydrogen) atoms. The van der Waals surface area contributed by atoms with Gasteiger partial charge in [0.15, 0.2) is 0 Å². The third-order valence-electron chi connectivity index (χ3n) is 4.33. The molecule has 1 aliphatic heterocycles. The van der Waals surface area contributed by atoms with E-state index in [1.807, 2.05) is 17.0 Å². The van der Waals surface area contributed by atoms with E-state index in [1.165, 1.54) is 5.56 Å². The van der Waals surface area contributed by atoms with Crippen molar-refractivity contribution in [3.63, 3.8) is 0 Å². The summed E-state index contributed by atoms with van der Waals surface area (Å²) in [6.45, 7) is 5.04. The lowest BCUT2D eigenvalue weighted by atomic mass is 10.1. The van der Waals surface area contributed by atoms with Crippen molar-refractivity contribution in [3.05, 3.63) is 58.6 Å². The monoisotopic (exact) mass is 344 g/mol. The first-order valence-electron chi connectivity index (χ1n) is 8.03. The lowest BCUT2D eigenvalue weighted by Crippen LogP contribution is -2.48. The van der Waals surface area contributed by atoms with Gasteiger partial charge < -0.3 is 14.5 Å². The quantitative estimate of drug-likeness (QED) is 0.852. The Morgan fingerprint density at radius 1 is 1.04 bits per heavy atom. The maximum absolute atomic E-state index is 12.6. The number of aryl methyl sites for hydroxylation is 1. The molecule has 126 valence electrons. The molecular formula is C19H21ClN2O2. The second-order valence-electron chi connectivity index (χ2n) is 5.96. The summed E-state index contributed by atoms with van der Waals surface area (Å²) in [5.74, 6) is 0.931. The van der Waals surface area contributed by atoms with Gasteiger partial charge in [-0.1, -0.05) is 17.7 Å². The van der Waals surface area contributed by atoms with Crippen LogP contribution in [0.2, 0.25) is 5.02 Å². The molecule has 0 unspecified atom stereocenters. The van der Waals surface area contributed by atoms with E-state index in [0.717, 1.165) is 24.5 Å². The van der Waals surface area contributed by atoms with Crippen molar-refractivity contribution in [2.24, 2.45) is 0 Å². The van der Waals surface area contributed by atoms with Crippen molar-refractivity contribution in [3.8, 4) is 5.75 Å². The average molecular weight is 345 g/mol. The van der Waals surface area contributed by atoms with Gasteiger partial charge in [-0.05, 0) is 48.9 Å². The molecule has 1 aliphatic rings. The van der Waals surface area contributed by atoms with Gasteiger partial charge in [0, 0.05) is 36.8 Å². The molecule has 1 heterocycles. The zero-order valence-corrected chi connectivity index (χ0v) is 14.7. The third-order valence-corrected chi connectivity index (χ3v) is 4.59. The molecular weight excluding hydrogens is 324 g/mol. The Morgan fingerprint density at radius 2 is 1.71 bits per heavy atom. The van der Waals surface area contributed by atoms with Crippen molar-refractivity contribution in [1.82, 2.24) is 4.90 Å². The Morgan fingerprint density at radius 3 is 2.33 bits per heavy atom. The van der Waals surface area contributed by atoms with Crippen molar-refractivity contribution in [1.29, 1.82) is 0 Å². The Kier molecular flexibility index (Phi) is 4.95. The van der Waals surface area contributed by atoms with Crippen LogP contribution in [0.3, 0.4) is 0 Å². The highest BCUT2D eigenvalue weighted by atomic mass is 35.5. The number of rotatable bonds is 3. The summed E-state index contributed by atoms with van der Waals surface area (Å²) < 4.78 is 5.47. The first-order chi connectivity index (χ1) is 11.6. The minimum atomic E-state index is 0.0579. The molecule has 0 saturated carbocycles. The predicted octanol–water partition coefficient (Wildman–Crippen LogP) is 3.62. The third kappa shape index (κ3) is 3.49. The topological polar surface area (TPSA) is 32.8 Å². The summed E-state index contributed by atoms with van der Waals surface area (Å²) in [6, 6.07) is 13.2. The van der Waals surface area contributed by atoms with Crippen molar-refractivity contribution < 1.29 is 9.53 Å². The van der Waals surface area contributed by atoms with Gasteiger partial charge in [-0.2, -0.15) is 0 Å². The standard InChI is InChI=1S/C19H21ClN2O2/c1-14-3-8-18(24-2)17(13-14)21-9-11-22(12-10-21)19(23)15-4-6-16(20)7-5-15/h3-8,13H,9-12H2,1-2H3. The second kappa shape index (κ2) is 7.14. The van der Waals surface area contributed by atoms with Gasteiger partial charge in [-0.25, -0.2) is 0 Å². The summed E-state index contributed by atoms with van der Waals surface area (Å²) in [4.78, 5) is 16.7. The number of halogens is 1. The smallest absolute Gasteiger partial charge is 0.253 e. The maximum Gasteiger partial charge on any atom is 0.253 e. The van der Waals surface area contributed by atoms with E-state index in [-0.39, 0.29) is 5.91 Å². The highest BCUT2D eigenvalue weighted by Gasteiger charge is 2.23. The van der Waals surface area contributed by atoms with Crippen molar-refractivity contribution >= 4 is 23.2 Å². The van der Waals surface area contributed by atoms with Gasteiger partial charge in [-0.15, -0.1) is 0 Å². The normalized spacial score (nSPS) is 14.6. The minimum Gasteiger partial charge on any atom is -0.495 e. The van der Waals surface area contributed by atoms with E-state index in [2.05, 4.69) is 17.9 Å². The van der Waals surface area contributed by atoms with Crippen LogP contribution >= 0.6 is 11.6 Å². The molecule has 2 aromatic carbocycles. The molecule has 0 radical (unpaired) electrons. The predicted molar refractivity (Wildman–Crippen MR) is 97.3 cm³/mol. The molecule has 2 aromatic rings. The van der Waals surface area contributed by atoms with Crippen LogP contribution in [-0.4, -0.2) is 44.1 Å². The molecule has 0 aliphatic carbocycles. The van der Waals surface area contributed by atoms with E-state index in [1.54, 1.807) is 31.4 Å². The number of piperazine rings is 1. The molecule has 0 spiro atoms. The van der Waals surface area contributed by atoms with E-state index in [4.69, 9.17) is 16.3 Å². The fraction of sp³-hybridized carbons (Fsp3) is 0.316. The van der Waals surface area contributed by atoms with Gasteiger partial charge >= 0.3 is 0 Å². The van der Waals surface area contributed by atoms with Gasteiger partial charge in [-0.3, -0.25) is 4.79 Å². The number of nitrogens with zero attached hydrogens (tertiary/aromatic N) is 2. The number of carbonyl (C=O) groups is 1. The fourth-order valence-electron chi connectivity index (χ4n) is 2.97. The first-order valence-corrected chi connectivity index (χ1v) is 8.40. The number of amides is 1. The largest absolute Gasteiger partial charge is 0.495 e. The molecule has 0 aromatic heterocycles. The van der Waals surface area contributed by atoms with Crippen LogP contribution in [0.5, 0.6) is 5.75 Å². The van der Waals surface area contributed by atoms with Gasteiger partial charge in [0.1, 0.15) is 5.75 Å². The molecule has 0 bridgehead atoms. The van der Waals surface area contributed by atoms with E-state index in [0.29, 0.717) is 23.7 Å². The highest BCUT2D eigenvalue weighted by Crippen LogP contribution is 2.30. The zero-order valence-electron chi connectivity index (χ0n) is 14.0. The number of benzene rings is 2. The van der Waals surface area contributed by atoms with Crippen LogP contribution in [-0.2, 0) is 0 Å². The van der Waals surface area contributed by atoms with Gasteiger partial charge in [0.2, 0.25) is 0 Å². The lowest BCUT2D eigenvalue weighted by molar-refractivity contribution is 0.0746. The summed E-state index contributed by atoms with van der Waals surface area (Å²) in [7, 11) is 1.69. The summed E-state index contributed by atoms with van der Waals surface area (Å²) in [5, 5.41) is 0.642. The molecule has 1 saturated heterocycles. The number of ether oxygens (including phenoxy) is 1. The number of hydrogen-bond acceptors (Lipinski definition) is 3. The van der Waals surface area contributed by atoms with Gasteiger partial charge in [0.05, 0.1) is 12.8 Å². The zero-order chi connectivity index (χ0) is 17.1. The van der Waals surface area contributed by atoms with Crippen LogP contribution in [0.15, 0.2) is 42.5 Å². The number of hydrogen-bond donors (Lipinski definition) is 0. The van der Waals surface area contributed by atoms with Crippen LogP contribution in [0, 0.1) is 6.92 Å². The fourth-order valence-corrected chi connectivity index (χ4v) is 3.10. The van der Waals surface area contributed by atoms with Crippen LogP contribution in [0.4, 0.5) is 5.69 Å². The summed E-state index contributed by atoms with van der Waals surface area (Å²) in [6.07, 6.45) is 0. The molecule has 5 heteroatoms. The van der Waals surface area contributed by atoms with Crippen LogP contribution < -0.4 is 9.64 Å². The lowest BCUT2D eigenvalue weighted by Gasteiger charge is -2.36. The first kappa shape index (κ1) is 16.7. The Bertz CT molecular complexity index is 723. The number of carbonyl (C=O) groups excluding carboxylic acids is 1. The highest BCUT2D eigenvalue weighted by molar-refractivity contribution is 6.30. The van der Waals surface area contributed by atoms with E-state index < -0.39 is 0 Å². The molecule has 1 amide bonds. The molecule has 0 atom stereocenters. The average Bonchev–Trinajstić information content (AvgIpc) is 2.62.